The van der Waals surface area contributed by atoms with Crippen molar-refractivity contribution in [1.82, 2.24) is 0 Å². The van der Waals surface area contributed by atoms with Crippen molar-refractivity contribution in [1.29, 1.82) is 0 Å². The van der Waals surface area contributed by atoms with Crippen LogP contribution in [0.5, 0.6) is 0 Å². The third kappa shape index (κ3) is 3.57. The predicted molar refractivity (Wildman–Crippen MR) is 69.0 cm³/mol. The monoisotopic (exact) mass is 248 g/mol. The van der Waals surface area contributed by atoms with E-state index in [-0.39, 0.29) is 18.0 Å². The molecule has 1 saturated heterocycles. The lowest BCUT2D eigenvalue weighted by atomic mass is 9.97. The van der Waals surface area contributed by atoms with Gasteiger partial charge in [-0.05, 0) is 31.7 Å². The van der Waals surface area contributed by atoms with Crippen LogP contribution >= 0.6 is 0 Å². The SMILES string of the molecule is C[C@H](C(=O)OCc1ccccc1)[C@H]1CCCCO1. The van der Waals surface area contributed by atoms with E-state index < -0.39 is 0 Å². The summed E-state index contributed by atoms with van der Waals surface area (Å²) in [6, 6.07) is 9.74. The van der Waals surface area contributed by atoms with Gasteiger partial charge in [0, 0.05) is 6.61 Å². The van der Waals surface area contributed by atoms with Crippen molar-refractivity contribution in [2.24, 2.45) is 5.92 Å². The molecule has 2 atom stereocenters. The van der Waals surface area contributed by atoms with Gasteiger partial charge in [0.1, 0.15) is 6.61 Å². The van der Waals surface area contributed by atoms with E-state index in [1.807, 2.05) is 37.3 Å². The molecule has 0 N–H and O–H groups in total. The average Bonchev–Trinajstić information content (AvgIpc) is 2.46. The summed E-state index contributed by atoms with van der Waals surface area (Å²) in [6.07, 6.45) is 3.23. The van der Waals surface area contributed by atoms with Gasteiger partial charge in [-0.2, -0.15) is 0 Å². The van der Waals surface area contributed by atoms with Crippen molar-refractivity contribution < 1.29 is 14.3 Å². The molecule has 18 heavy (non-hydrogen) atoms. The Balaban J connectivity index is 1.80. The van der Waals surface area contributed by atoms with E-state index >= 15 is 0 Å². The average molecular weight is 248 g/mol. The molecule has 3 heteroatoms. The fourth-order valence-electron chi connectivity index (χ4n) is 2.17. The molecule has 1 fully saturated rings. The Morgan fingerprint density at radius 3 is 2.83 bits per heavy atom. The summed E-state index contributed by atoms with van der Waals surface area (Å²) >= 11 is 0. The molecule has 1 aliphatic heterocycles. The minimum Gasteiger partial charge on any atom is -0.461 e. The topological polar surface area (TPSA) is 35.5 Å². The fourth-order valence-corrected chi connectivity index (χ4v) is 2.17. The first kappa shape index (κ1) is 13.1. The molecule has 0 saturated carbocycles. The molecule has 0 aliphatic carbocycles. The fraction of sp³-hybridized carbons (Fsp3) is 0.533. The molecule has 98 valence electrons. The summed E-state index contributed by atoms with van der Waals surface area (Å²) in [7, 11) is 0. The van der Waals surface area contributed by atoms with Crippen molar-refractivity contribution in [2.45, 2.75) is 38.9 Å². The number of hydrogen-bond acceptors (Lipinski definition) is 3. The van der Waals surface area contributed by atoms with Crippen LogP contribution in [0.15, 0.2) is 30.3 Å². The largest absolute Gasteiger partial charge is 0.461 e. The van der Waals surface area contributed by atoms with E-state index in [0.29, 0.717) is 6.61 Å². The van der Waals surface area contributed by atoms with Gasteiger partial charge in [0.2, 0.25) is 0 Å². The van der Waals surface area contributed by atoms with Crippen molar-refractivity contribution in [3.63, 3.8) is 0 Å². The Hall–Kier alpha value is -1.35. The maximum absolute atomic E-state index is 11.9. The Morgan fingerprint density at radius 1 is 1.39 bits per heavy atom. The highest BCUT2D eigenvalue weighted by atomic mass is 16.5. The van der Waals surface area contributed by atoms with Gasteiger partial charge in [-0.3, -0.25) is 4.79 Å². The summed E-state index contributed by atoms with van der Waals surface area (Å²) in [5.41, 5.74) is 1.02. The van der Waals surface area contributed by atoms with E-state index in [1.54, 1.807) is 0 Å². The molecule has 1 heterocycles. The van der Waals surface area contributed by atoms with E-state index in [9.17, 15) is 4.79 Å². The number of carbonyl (C=O) groups is 1. The van der Waals surface area contributed by atoms with Gasteiger partial charge in [-0.1, -0.05) is 30.3 Å². The highest BCUT2D eigenvalue weighted by Gasteiger charge is 2.27. The van der Waals surface area contributed by atoms with Crippen LogP contribution < -0.4 is 0 Å². The second-order valence-electron chi connectivity index (χ2n) is 4.79. The summed E-state index contributed by atoms with van der Waals surface area (Å²) < 4.78 is 10.9. The predicted octanol–water partition coefficient (Wildman–Crippen LogP) is 2.94. The molecule has 1 aromatic rings. The van der Waals surface area contributed by atoms with Crippen LogP contribution in [0.25, 0.3) is 0 Å². The summed E-state index contributed by atoms with van der Waals surface area (Å²) in [5, 5.41) is 0. The third-order valence-electron chi connectivity index (χ3n) is 3.37. The van der Waals surface area contributed by atoms with Crippen LogP contribution in [0.1, 0.15) is 31.7 Å². The van der Waals surface area contributed by atoms with Crippen molar-refractivity contribution in [3.8, 4) is 0 Å². The third-order valence-corrected chi connectivity index (χ3v) is 3.37. The van der Waals surface area contributed by atoms with Gasteiger partial charge in [-0.25, -0.2) is 0 Å². The molecule has 3 nitrogen and oxygen atoms in total. The molecule has 2 rings (SSSR count). The lowest BCUT2D eigenvalue weighted by Crippen LogP contribution is -2.32. The van der Waals surface area contributed by atoms with Crippen molar-refractivity contribution in [2.75, 3.05) is 6.61 Å². The molecule has 0 radical (unpaired) electrons. The molecule has 1 aromatic carbocycles. The molecule has 0 aromatic heterocycles. The summed E-state index contributed by atoms with van der Waals surface area (Å²) in [4.78, 5) is 11.9. The number of rotatable bonds is 4. The lowest BCUT2D eigenvalue weighted by molar-refractivity contribution is -0.156. The molecule has 0 bridgehead atoms. The van der Waals surface area contributed by atoms with E-state index in [1.165, 1.54) is 0 Å². The molecule has 0 spiro atoms. The second-order valence-corrected chi connectivity index (χ2v) is 4.79. The van der Waals surface area contributed by atoms with Gasteiger partial charge in [0.15, 0.2) is 0 Å². The Labute approximate surface area is 108 Å². The zero-order chi connectivity index (χ0) is 12.8. The number of esters is 1. The van der Waals surface area contributed by atoms with Gasteiger partial charge < -0.3 is 9.47 Å². The maximum atomic E-state index is 11.9. The van der Waals surface area contributed by atoms with Crippen LogP contribution in [0.3, 0.4) is 0 Å². The summed E-state index contributed by atoms with van der Waals surface area (Å²) in [5.74, 6) is -0.334. The zero-order valence-electron chi connectivity index (χ0n) is 10.8. The Bertz CT molecular complexity index is 369. The highest BCUT2D eigenvalue weighted by molar-refractivity contribution is 5.72. The lowest BCUT2D eigenvalue weighted by Gasteiger charge is -2.26. The van der Waals surface area contributed by atoms with E-state index in [4.69, 9.17) is 9.47 Å². The quantitative estimate of drug-likeness (QED) is 0.768. The van der Waals surface area contributed by atoms with Gasteiger partial charge in [0.05, 0.1) is 12.0 Å². The summed E-state index contributed by atoms with van der Waals surface area (Å²) in [6.45, 7) is 3.00. The zero-order valence-corrected chi connectivity index (χ0v) is 10.8. The Kier molecular flexibility index (Phi) is 4.76. The van der Waals surface area contributed by atoms with E-state index in [0.717, 1.165) is 31.4 Å². The maximum Gasteiger partial charge on any atom is 0.311 e. The van der Waals surface area contributed by atoms with Crippen molar-refractivity contribution in [3.05, 3.63) is 35.9 Å². The molecular weight excluding hydrogens is 228 g/mol. The first-order valence-electron chi connectivity index (χ1n) is 6.59. The highest BCUT2D eigenvalue weighted by Crippen LogP contribution is 2.21. The van der Waals surface area contributed by atoms with E-state index in [2.05, 4.69) is 0 Å². The first-order valence-corrected chi connectivity index (χ1v) is 6.59. The second kappa shape index (κ2) is 6.55. The minimum atomic E-state index is -0.172. The van der Waals surface area contributed by atoms with Crippen LogP contribution in [-0.2, 0) is 20.9 Å². The molecule has 0 unspecified atom stereocenters. The minimum absolute atomic E-state index is 0.0297. The standard InChI is InChI=1S/C15H20O3/c1-12(14-9-5-6-10-17-14)15(16)18-11-13-7-3-2-4-8-13/h2-4,7-8,12,14H,5-6,9-11H2,1H3/t12-,14+/m0/s1. The van der Waals surface area contributed by atoms with Gasteiger partial charge in [0.25, 0.3) is 0 Å². The molecule has 1 aliphatic rings. The van der Waals surface area contributed by atoms with Crippen LogP contribution in [0, 0.1) is 5.92 Å². The Morgan fingerprint density at radius 2 is 2.17 bits per heavy atom. The first-order chi connectivity index (χ1) is 8.77. The van der Waals surface area contributed by atoms with Crippen LogP contribution in [0.4, 0.5) is 0 Å². The number of benzene rings is 1. The van der Waals surface area contributed by atoms with Crippen molar-refractivity contribution >= 4 is 5.97 Å². The van der Waals surface area contributed by atoms with Crippen LogP contribution in [0.2, 0.25) is 0 Å². The molecular formula is C15H20O3. The van der Waals surface area contributed by atoms with Gasteiger partial charge in [-0.15, -0.1) is 0 Å². The smallest absolute Gasteiger partial charge is 0.311 e. The number of carbonyl (C=O) groups excluding carboxylic acids is 1. The number of ether oxygens (including phenoxy) is 2. The van der Waals surface area contributed by atoms with Gasteiger partial charge >= 0.3 is 5.97 Å². The molecule has 0 amide bonds. The normalized spacial score (nSPS) is 21.3. The van der Waals surface area contributed by atoms with Crippen LogP contribution in [-0.4, -0.2) is 18.7 Å². The number of hydrogen-bond donors (Lipinski definition) is 0.